The maximum Gasteiger partial charge on any atom is 0.316 e. The van der Waals surface area contributed by atoms with Gasteiger partial charge in [0.2, 0.25) is 0 Å². The Morgan fingerprint density at radius 2 is 2.22 bits per heavy atom. The zero-order valence-corrected chi connectivity index (χ0v) is 6.20. The minimum atomic E-state index is 0. The van der Waals surface area contributed by atoms with Crippen LogP contribution in [0.1, 0.15) is 5.56 Å². The predicted octanol–water partition coefficient (Wildman–Crippen LogP) is 1.64. The molecule has 1 aromatic carbocycles. The first kappa shape index (κ1) is 9.47. The van der Waals surface area contributed by atoms with E-state index in [0.29, 0.717) is 0 Å². The minimum absolute atomic E-state index is 0. The van der Waals surface area contributed by atoms with Crippen molar-refractivity contribution in [1.29, 1.82) is 0 Å². The highest BCUT2D eigenvalue weighted by Crippen LogP contribution is 2.09. The molecule has 0 aliphatic carbocycles. The van der Waals surface area contributed by atoms with Crippen molar-refractivity contribution in [2.24, 2.45) is 0 Å². The minimum Gasteiger partial charge on any atom is -0.0530 e. The average molecular weight is 196 g/mol. The van der Waals surface area contributed by atoms with Crippen molar-refractivity contribution in [3.63, 3.8) is 0 Å². The Balaban J connectivity index is 0.000000640. The summed E-state index contributed by atoms with van der Waals surface area (Å²) in [6, 6.07) is 8.94. The Kier molecular flexibility index (Phi) is 4.53. The van der Waals surface area contributed by atoms with Crippen LogP contribution in [0.4, 0.5) is 0 Å². The molecule has 1 aromatic rings. The molecule has 0 fully saturated rings. The smallest absolute Gasteiger partial charge is 0.0530 e. The first-order valence-electron chi connectivity index (χ1n) is 2.43. The van der Waals surface area contributed by atoms with Crippen LogP contribution in [0.5, 0.6) is 0 Å². The predicted molar refractivity (Wildman–Crippen MR) is 46.3 cm³/mol. The van der Waals surface area contributed by atoms with Crippen LogP contribution in [0.3, 0.4) is 0 Å². The van der Waals surface area contributed by atoms with E-state index in [9.17, 15) is 0 Å². The number of benzene rings is 1. The van der Waals surface area contributed by atoms with Gasteiger partial charge in [-0.15, -0.1) is 0 Å². The van der Waals surface area contributed by atoms with Crippen LogP contribution in [0.25, 0.3) is 0 Å². The lowest BCUT2D eigenvalue weighted by Gasteiger charge is -1.88. The lowest BCUT2D eigenvalue weighted by molar-refractivity contribution is 1.44. The van der Waals surface area contributed by atoms with Crippen LogP contribution in [0, 0.1) is 13.0 Å². The standard InChI is InChI=1S/C7H6Br.Mg.2H/c1-6-3-2-4-7(8)5-6;;;/h2,4-5H,1H3;;;. The van der Waals surface area contributed by atoms with Crippen molar-refractivity contribution >= 4 is 39.0 Å². The fourth-order valence-corrected chi connectivity index (χ4v) is 1.02. The molecule has 0 aliphatic rings. The molecule has 0 heterocycles. The van der Waals surface area contributed by atoms with E-state index in [0.717, 1.165) is 4.47 Å². The van der Waals surface area contributed by atoms with Crippen LogP contribution in [-0.2, 0) is 0 Å². The zero-order valence-electron chi connectivity index (χ0n) is 4.61. The molecule has 2 heteroatoms. The van der Waals surface area contributed by atoms with E-state index in [1.807, 2.05) is 25.1 Å². The topological polar surface area (TPSA) is 0 Å². The van der Waals surface area contributed by atoms with E-state index in [1.54, 1.807) is 0 Å². The van der Waals surface area contributed by atoms with Crippen LogP contribution in [0.2, 0.25) is 0 Å². The van der Waals surface area contributed by atoms with Gasteiger partial charge in [0, 0.05) is 4.47 Å². The molecule has 0 atom stereocenters. The molecule has 0 unspecified atom stereocenters. The SMILES string of the molecule is Cc1[c]ccc(Br)c1.[MgH2]. The first-order valence-corrected chi connectivity index (χ1v) is 3.22. The van der Waals surface area contributed by atoms with Gasteiger partial charge in [-0.1, -0.05) is 22.0 Å². The van der Waals surface area contributed by atoms with Crippen LogP contribution >= 0.6 is 15.9 Å². The van der Waals surface area contributed by atoms with Gasteiger partial charge >= 0.3 is 23.1 Å². The summed E-state index contributed by atoms with van der Waals surface area (Å²) in [6.45, 7) is 2.02. The van der Waals surface area contributed by atoms with Crippen molar-refractivity contribution in [3.8, 4) is 0 Å². The maximum atomic E-state index is 3.34. The molecule has 0 N–H and O–H groups in total. The van der Waals surface area contributed by atoms with Gasteiger partial charge in [0.15, 0.2) is 0 Å². The number of aryl methyl sites for hydroxylation is 1. The molecule has 0 saturated carbocycles. The zero-order chi connectivity index (χ0) is 5.98. The Bertz CT molecular complexity index is 169. The Morgan fingerprint density at radius 1 is 1.56 bits per heavy atom. The molecule has 0 aliphatic heterocycles. The largest absolute Gasteiger partial charge is 0.316 e. The molecule has 45 valence electrons. The van der Waals surface area contributed by atoms with E-state index in [-0.39, 0.29) is 23.1 Å². The summed E-state index contributed by atoms with van der Waals surface area (Å²) in [7, 11) is 0. The number of halogens is 1. The second-order valence-corrected chi connectivity index (χ2v) is 2.61. The summed E-state index contributed by atoms with van der Waals surface area (Å²) in [4.78, 5) is 0. The van der Waals surface area contributed by atoms with Gasteiger partial charge in [-0.25, -0.2) is 0 Å². The quantitative estimate of drug-likeness (QED) is 0.553. The summed E-state index contributed by atoms with van der Waals surface area (Å²) in [5.41, 5.74) is 1.17. The second-order valence-electron chi connectivity index (χ2n) is 1.69. The van der Waals surface area contributed by atoms with Crippen molar-refractivity contribution < 1.29 is 0 Å². The third-order valence-corrected chi connectivity index (χ3v) is 1.40. The summed E-state index contributed by atoms with van der Waals surface area (Å²) in [6.07, 6.45) is 0. The number of rotatable bonds is 0. The van der Waals surface area contributed by atoms with Gasteiger partial charge in [-0.2, -0.15) is 0 Å². The van der Waals surface area contributed by atoms with Gasteiger partial charge in [0.1, 0.15) is 0 Å². The molecule has 0 spiro atoms. The van der Waals surface area contributed by atoms with Gasteiger partial charge in [-0.05, 0) is 30.7 Å². The van der Waals surface area contributed by atoms with Gasteiger partial charge < -0.3 is 0 Å². The normalized spacial score (nSPS) is 8.22. The van der Waals surface area contributed by atoms with Crippen molar-refractivity contribution in [1.82, 2.24) is 0 Å². The van der Waals surface area contributed by atoms with E-state index >= 15 is 0 Å². The fourth-order valence-electron chi connectivity index (χ4n) is 0.549. The molecule has 0 aromatic heterocycles. The van der Waals surface area contributed by atoms with Crippen LogP contribution < -0.4 is 0 Å². The number of hydrogen-bond acceptors (Lipinski definition) is 0. The van der Waals surface area contributed by atoms with Gasteiger partial charge in [0.05, 0.1) is 0 Å². The van der Waals surface area contributed by atoms with E-state index < -0.39 is 0 Å². The lowest BCUT2D eigenvalue weighted by atomic mass is 10.2. The molecule has 1 radical (unpaired) electrons. The third kappa shape index (κ3) is 3.23. The average Bonchev–Trinajstić information content (AvgIpc) is 1.64. The second kappa shape index (κ2) is 4.31. The molecular weight excluding hydrogens is 188 g/mol. The van der Waals surface area contributed by atoms with Crippen LogP contribution in [-0.4, -0.2) is 23.1 Å². The summed E-state index contributed by atoms with van der Waals surface area (Å²) in [5.74, 6) is 0. The Labute approximate surface area is 79.9 Å². The highest BCUT2D eigenvalue weighted by Gasteiger charge is 1.83. The highest BCUT2D eigenvalue weighted by atomic mass is 79.9. The molecular formula is C7H8BrMg. The number of hydrogen-bond donors (Lipinski definition) is 0. The van der Waals surface area contributed by atoms with Crippen LogP contribution in [0.15, 0.2) is 22.7 Å². The van der Waals surface area contributed by atoms with Gasteiger partial charge in [0.25, 0.3) is 0 Å². The summed E-state index contributed by atoms with van der Waals surface area (Å²) < 4.78 is 1.12. The first-order chi connectivity index (χ1) is 3.79. The molecule has 0 amide bonds. The third-order valence-electron chi connectivity index (χ3n) is 0.908. The van der Waals surface area contributed by atoms with Crippen molar-refractivity contribution in [2.75, 3.05) is 0 Å². The maximum absolute atomic E-state index is 3.34. The molecule has 9 heavy (non-hydrogen) atoms. The molecule has 0 bridgehead atoms. The van der Waals surface area contributed by atoms with E-state index in [2.05, 4.69) is 22.0 Å². The van der Waals surface area contributed by atoms with Crippen molar-refractivity contribution in [2.45, 2.75) is 6.92 Å². The Morgan fingerprint density at radius 3 is 2.56 bits per heavy atom. The fraction of sp³-hybridized carbons (Fsp3) is 0.143. The monoisotopic (exact) mass is 195 g/mol. The van der Waals surface area contributed by atoms with E-state index in [4.69, 9.17) is 0 Å². The van der Waals surface area contributed by atoms with Crippen molar-refractivity contribution in [3.05, 3.63) is 34.3 Å². The highest BCUT2D eigenvalue weighted by molar-refractivity contribution is 9.10. The Hall–Kier alpha value is 0.466. The molecule has 1 rings (SSSR count). The molecule has 0 saturated heterocycles. The van der Waals surface area contributed by atoms with Gasteiger partial charge in [-0.3, -0.25) is 0 Å². The lowest BCUT2D eigenvalue weighted by Crippen LogP contribution is -1.68. The van der Waals surface area contributed by atoms with E-state index in [1.165, 1.54) is 5.56 Å². The summed E-state index contributed by atoms with van der Waals surface area (Å²) in [5, 5.41) is 0. The summed E-state index contributed by atoms with van der Waals surface area (Å²) >= 11 is 3.34. The molecule has 0 nitrogen and oxygen atoms in total.